The highest BCUT2D eigenvalue weighted by molar-refractivity contribution is 7.89. The van der Waals surface area contributed by atoms with Crippen LogP contribution in [0.3, 0.4) is 0 Å². The summed E-state index contributed by atoms with van der Waals surface area (Å²) in [4.78, 5) is 13.3. The molecule has 1 aromatic rings. The third-order valence-corrected chi connectivity index (χ3v) is 5.54. The van der Waals surface area contributed by atoms with Crippen molar-refractivity contribution in [3.05, 3.63) is 23.2 Å². The Balaban J connectivity index is 2.36. The molecular weight excluding hydrogens is 302 g/mol. The number of anilines is 1. The highest BCUT2D eigenvalue weighted by atomic mass is 35.5. The number of nitrogens with two attached hydrogens (primary N) is 1. The van der Waals surface area contributed by atoms with Crippen LogP contribution < -0.4 is 5.73 Å². The van der Waals surface area contributed by atoms with Crippen LogP contribution in [0, 0.1) is 0 Å². The minimum atomic E-state index is -3.79. The number of hydrogen-bond acceptors (Lipinski definition) is 4. The van der Waals surface area contributed by atoms with Gasteiger partial charge in [-0.05, 0) is 24.6 Å². The summed E-state index contributed by atoms with van der Waals surface area (Å²) in [6.07, 6.45) is 0.591. The monoisotopic (exact) mass is 317 g/mol. The van der Waals surface area contributed by atoms with Crippen molar-refractivity contribution in [2.75, 3.05) is 32.4 Å². The van der Waals surface area contributed by atoms with Crippen molar-refractivity contribution in [1.29, 1.82) is 0 Å². The summed E-state index contributed by atoms with van der Waals surface area (Å²) in [5.41, 5.74) is 5.95. The lowest BCUT2D eigenvalue weighted by atomic mass is 10.3. The van der Waals surface area contributed by atoms with E-state index >= 15 is 0 Å². The fourth-order valence-corrected chi connectivity index (χ4v) is 3.98. The Morgan fingerprint density at radius 1 is 1.30 bits per heavy atom. The van der Waals surface area contributed by atoms with Crippen molar-refractivity contribution in [3.8, 4) is 0 Å². The first-order valence-corrected chi connectivity index (χ1v) is 7.93. The zero-order valence-corrected chi connectivity index (χ0v) is 12.6. The quantitative estimate of drug-likeness (QED) is 0.817. The van der Waals surface area contributed by atoms with Gasteiger partial charge in [0.05, 0.1) is 11.6 Å². The van der Waals surface area contributed by atoms with E-state index in [9.17, 15) is 13.2 Å². The second-order valence-corrected chi connectivity index (χ2v) is 7.01. The van der Waals surface area contributed by atoms with E-state index in [0.29, 0.717) is 25.2 Å². The van der Waals surface area contributed by atoms with E-state index < -0.39 is 10.0 Å². The first-order valence-electron chi connectivity index (χ1n) is 6.11. The van der Waals surface area contributed by atoms with E-state index in [0.717, 1.165) is 4.31 Å². The van der Waals surface area contributed by atoms with Crippen LogP contribution in [0.1, 0.15) is 6.42 Å². The van der Waals surface area contributed by atoms with Crippen LogP contribution >= 0.6 is 11.6 Å². The third-order valence-electron chi connectivity index (χ3n) is 3.21. The zero-order chi connectivity index (χ0) is 14.9. The fraction of sp³-hybridized carbons (Fsp3) is 0.417. The molecule has 1 saturated heterocycles. The lowest BCUT2D eigenvalue weighted by Crippen LogP contribution is -2.38. The predicted molar refractivity (Wildman–Crippen MR) is 76.9 cm³/mol. The molecule has 6 nitrogen and oxygen atoms in total. The number of likely N-dealkylation sites (N-methyl/N-ethyl adjacent to an activating group) is 1. The van der Waals surface area contributed by atoms with Gasteiger partial charge in [-0.15, -0.1) is 0 Å². The average molecular weight is 318 g/mol. The van der Waals surface area contributed by atoms with Crippen molar-refractivity contribution >= 4 is 33.2 Å². The molecule has 8 heteroatoms. The number of rotatable bonds is 2. The van der Waals surface area contributed by atoms with E-state index in [1.54, 1.807) is 7.05 Å². The maximum absolute atomic E-state index is 12.6. The van der Waals surface area contributed by atoms with Gasteiger partial charge in [0.1, 0.15) is 4.90 Å². The molecule has 1 amide bonds. The van der Waals surface area contributed by atoms with Gasteiger partial charge in [0.25, 0.3) is 0 Å². The van der Waals surface area contributed by atoms with Crippen LogP contribution in [-0.2, 0) is 14.8 Å². The molecule has 20 heavy (non-hydrogen) atoms. The lowest BCUT2D eigenvalue weighted by molar-refractivity contribution is -0.129. The minimum Gasteiger partial charge on any atom is -0.399 e. The smallest absolute Gasteiger partial charge is 0.245 e. The predicted octanol–water partition coefficient (Wildman–Crippen LogP) is 0.775. The largest absolute Gasteiger partial charge is 0.399 e. The van der Waals surface area contributed by atoms with Gasteiger partial charge in [-0.25, -0.2) is 8.42 Å². The van der Waals surface area contributed by atoms with Crippen molar-refractivity contribution in [3.63, 3.8) is 0 Å². The van der Waals surface area contributed by atoms with Gasteiger partial charge >= 0.3 is 0 Å². The Kier molecular flexibility index (Phi) is 4.22. The van der Waals surface area contributed by atoms with Gasteiger partial charge in [-0.3, -0.25) is 4.79 Å². The molecule has 1 heterocycles. The molecule has 1 aliphatic rings. The molecule has 0 aromatic heterocycles. The molecule has 0 radical (unpaired) electrons. The molecule has 1 fully saturated rings. The van der Waals surface area contributed by atoms with Crippen LogP contribution in [-0.4, -0.2) is 50.2 Å². The van der Waals surface area contributed by atoms with E-state index in [-0.39, 0.29) is 22.4 Å². The molecule has 0 atom stereocenters. The SMILES string of the molecule is CN1CCCN(S(=O)(=O)c2ccc(N)cc2Cl)CC1=O. The lowest BCUT2D eigenvalue weighted by Gasteiger charge is -2.20. The Morgan fingerprint density at radius 2 is 2.00 bits per heavy atom. The second kappa shape index (κ2) is 5.59. The molecule has 2 N–H and O–H groups in total. The topological polar surface area (TPSA) is 83.7 Å². The molecule has 0 bridgehead atoms. The van der Waals surface area contributed by atoms with Gasteiger partial charge in [-0.1, -0.05) is 11.6 Å². The molecule has 1 aliphatic heterocycles. The minimum absolute atomic E-state index is 0.0225. The van der Waals surface area contributed by atoms with E-state index in [4.69, 9.17) is 17.3 Å². The normalized spacial score (nSPS) is 18.1. The Morgan fingerprint density at radius 3 is 2.65 bits per heavy atom. The van der Waals surface area contributed by atoms with Gasteiger partial charge < -0.3 is 10.6 Å². The number of carbonyl (C=O) groups is 1. The number of nitrogen functional groups attached to an aromatic ring is 1. The zero-order valence-electron chi connectivity index (χ0n) is 11.0. The molecular formula is C12H16ClN3O3S. The third kappa shape index (κ3) is 2.89. The summed E-state index contributed by atoms with van der Waals surface area (Å²) < 4.78 is 26.3. The molecule has 2 rings (SSSR count). The van der Waals surface area contributed by atoms with E-state index in [1.807, 2.05) is 0 Å². The summed E-state index contributed by atoms with van der Waals surface area (Å²) in [6, 6.07) is 4.23. The maximum atomic E-state index is 12.6. The molecule has 0 spiro atoms. The Bertz CT molecular complexity index is 633. The van der Waals surface area contributed by atoms with Crippen molar-refractivity contribution in [2.24, 2.45) is 0 Å². The maximum Gasteiger partial charge on any atom is 0.245 e. The molecule has 0 unspecified atom stereocenters. The summed E-state index contributed by atoms with van der Waals surface area (Å²) in [5, 5.41) is 0.0649. The van der Waals surface area contributed by atoms with Crippen molar-refractivity contribution in [2.45, 2.75) is 11.3 Å². The van der Waals surface area contributed by atoms with E-state index in [1.165, 1.54) is 23.1 Å². The summed E-state index contributed by atoms with van der Waals surface area (Å²) >= 11 is 5.96. The van der Waals surface area contributed by atoms with Gasteiger partial charge in [0.2, 0.25) is 15.9 Å². The number of benzene rings is 1. The summed E-state index contributed by atoms with van der Waals surface area (Å²) in [6.45, 7) is 0.666. The van der Waals surface area contributed by atoms with Gasteiger partial charge in [0.15, 0.2) is 0 Å². The second-order valence-electron chi connectivity index (χ2n) is 4.70. The van der Waals surface area contributed by atoms with Crippen molar-refractivity contribution in [1.82, 2.24) is 9.21 Å². The number of halogens is 1. The van der Waals surface area contributed by atoms with E-state index in [2.05, 4.69) is 0 Å². The highest BCUT2D eigenvalue weighted by Gasteiger charge is 2.31. The fourth-order valence-electron chi connectivity index (χ4n) is 2.03. The average Bonchev–Trinajstić information content (AvgIpc) is 2.52. The van der Waals surface area contributed by atoms with Crippen LogP contribution in [0.4, 0.5) is 5.69 Å². The number of hydrogen-bond donors (Lipinski definition) is 1. The van der Waals surface area contributed by atoms with Crippen LogP contribution in [0.15, 0.2) is 23.1 Å². The molecule has 1 aromatic carbocycles. The van der Waals surface area contributed by atoms with Gasteiger partial charge in [0, 0.05) is 25.8 Å². The number of amides is 1. The summed E-state index contributed by atoms with van der Waals surface area (Å²) in [5.74, 6) is -0.224. The number of sulfonamides is 1. The number of carbonyl (C=O) groups excluding carboxylic acids is 1. The number of nitrogens with zero attached hydrogens (tertiary/aromatic N) is 2. The van der Waals surface area contributed by atoms with Gasteiger partial charge in [-0.2, -0.15) is 4.31 Å². The van der Waals surface area contributed by atoms with Crippen LogP contribution in [0.5, 0.6) is 0 Å². The first kappa shape index (κ1) is 15.1. The first-order chi connectivity index (χ1) is 9.32. The van der Waals surface area contributed by atoms with Crippen molar-refractivity contribution < 1.29 is 13.2 Å². The highest BCUT2D eigenvalue weighted by Crippen LogP contribution is 2.27. The molecule has 0 saturated carbocycles. The Hall–Kier alpha value is -1.31. The molecule has 0 aliphatic carbocycles. The van der Waals surface area contributed by atoms with Crippen LogP contribution in [0.2, 0.25) is 5.02 Å². The Labute approximate surface area is 123 Å². The van der Waals surface area contributed by atoms with Crippen LogP contribution in [0.25, 0.3) is 0 Å². The molecule has 110 valence electrons. The standard InChI is InChI=1S/C12H16ClN3O3S/c1-15-5-2-6-16(8-12(15)17)20(18,19)11-4-3-9(14)7-10(11)13/h3-4,7H,2,5-6,8,14H2,1H3. The summed E-state index contributed by atoms with van der Waals surface area (Å²) in [7, 11) is -2.13.